The van der Waals surface area contributed by atoms with Crippen molar-refractivity contribution >= 4 is 11.8 Å². The third-order valence-electron chi connectivity index (χ3n) is 6.64. The Labute approximate surface area is 107 Å². The predicted molar refractivity (Wildman–Crippen MR) is 67.0 cm³/mol. The molecule has 2 bridgehead atoms. The van der Waals surface area contributed by atoms with Crippen LogP contribution < -0.4 is 11.5 Å². The van der Waals surface area contributed by atoms with Crippen LogP contribution in [0.15, 0.2) is 0 Å². The van der Waals surface area contributed by atoms with Gasteiger partial charge >= 0.3 is 0 Å². The summed E-state index contributed by atoms with van der Waals surface area (Å²) in [5.41, 5.74) is 11.0. The molecule has 0 saturated heterocycles. The van der Waals surface area contributed by atoms with Crippen molar-refractivity contribution in [2.45, 2.75) is 40.0 Å². The smallest absolute Gasteiger partial charge is 0.221 e. The van der Waals surface area contributed by atoms with Crippen LogP contribution in [0.2, 0.25) is 0 Å². The van der Waals surface area contributed by atoms with E-state index in [1.807, 2.05) is 0 Å². The van der Waals surface area contributed by atoms with Gasteiger partial charge in [-0.25, -0.2) is 0 Å². The minimum atomic E-state index is -0.249. The average Bonchev–Trinajstić information content (AvgIpc) is 2.84. The van der Waals surface area contributed by atoms with E-state index in [9.17, 15) is 9.59 Å². The van der Waals surface area contributed by atoms with E-state index in [2.05, 4.69) is 20.8 Å². The highest BCUT2D eigenvalue weighted by molar-refractivity contribution is 5.83. The Morgan fingerprint density at radius 3 is 2.22 bits per heavy atom. The average molecular weight is 250 g/mol. The van der Waals surface area contributed by atoms with Gasteiger partial charge in [0.25, 0.3) is 0 Å². The van der Waals surface area contributed by atoms with Crippen molar-refractivity contribution in [2.24, 2.45) is 45.5 Å². The SMILES string of the molecule is CC12CC3CC(CC(N)=O)(C1C2C(N)=O)C3(C)C. The van der Waals surface area contributed by atoms with Crippen molar-refractivity contribution in [3.63, 3.8) is 0 Å². The second kappa shape index (κ2) is 2.91. The molecule has 4 heteroatoms. The maximum atomic E-state index is 11.6. The van der Waals surface area contributed by atoms with Crippen molar-refractivity contribution in [3.05, 3.63) is 0 Å². The zero-order valence-corrected chi connectivity index (χ0v) is 11.3. The molecule has 2 amide bonds. The number of nitrogens with two attached hydrogens (primary N) is 2. The standard InChI is InChI=1S/C14H22N2O2/c1-12(2)7-4-13(3)9(11(16)18)10(13)14(12,5-7)6-8(15)17/h7,9-10H,4-6H2,1-3H3,(H2,15,17)(H2,16,18). The molecule has 0 aromatic rings. The van der Waals surface area contributed by atoms with Gasteiger partial charge in [-0.05, 0) is 40.9 Å². The van der Waals surface area contributed by atoms with Crippen LogP contribution in [0.4, 0.5) is 0 Å². The summed E-state index contributed by atoms with van der Waals surface area (Å²) >= 11 is 0. The maximum Gasteiger partial charge on any atom is 0.221 e. The Balaban J connectivity index is 2.01. The molecule has 0 radical (unpaired) electrons. The van der Waals surface area contributed by atoms with Crippen LogP contribution in [0.1, 0.15) is 40.0 Å². The molecule has 4 rings (SSSR count). The summed E-state index contributed by atoms with van der Waals surface area (Å²) in [4.78, 5) is 23.1. The molecule has 4 saturated carbocycles. The number of amides is 2. The largest absolute Gasteiger partial charge is 0.370 e. The van der Waals surface area contributed by atoms with Crippen LogP contribution >= 0.6 is 0 Å². The highest BCUT2D eigenvalue weighted by atomic mass is 16.1. The summed E-state index contributed by atoms with van der Waals surface area (Å²) in [5.74, 6) is 0.358. The van der Waals surface area contributed by atoms with Crippen LogP contribution in [0.5, 0.6) is 0 Å². The van der Waals surface area contributed by atoms with E-state index < -0.39 is 0 Å². The molecule has 0 heterocycles. The summed E-state index contributed by atoms with van der Waals surface area (Å²) < 4.78 is 0. The topological polar surface area (TPSA) is 86.2 Å². The lowest BCUT2D eigenvalue weighted by Crippen LogP contribution is -2.61. The molecule has 5 atom stereocenters. The van der Waals surface area contributed by atoms with E-state index in [-0.39, 0.29) is 39.9 Å². The first-order valence-corrected chi connectivity index (χ1v) is 6.74. The molecule has 5 unspecified atom stereocenters. The van der Waals surface area contributed by atoms with Gasteiger partial charge in [-0.1, -0.05) is 20.8 Å². The first-order chi connectivity index (χ1) is 8.17. The summed E-state index contributed by atoms with van der Waals surface area (Å²) in [6.45, 7) is 6.60. The Kier molecular flexibility index (Phi) is 1.94. The normalized spacial score (nSPS) is 50.9. The summed E-state index contributed by atoms with van der Waals surface area (Å²) in [5, 5.41) is 0. The third kappa shape index (κ3) is 1.04. The molecular formula is C14H22N2O2. The Bertz CT molecular complexity index is 459. The van der Waals surface area contributed by atoms with Crippen LogP contribution in [0, 0.1) is 34.0 Å². The molecule has 0 spiro atoms. The summed E-state index contributed by atoms with van der Waals surface area (Å²) in [6, 6.07) is 0. The molecule has 4 fully saturated rings. The van der Waals surface area contributed by atoms with Gasteiger partial charge in [-0.2, -0.15) is 0 Å². The van der Waals surface area contributed by atoms with Crippen LogP contribution in [0.3, 0.4) is 0 Å². The lowest BCUT2D eigenvalue weighted by Gasteiger charge is -2.67. The highest BCUT2D eigenvalue weighted by Gasteiger charge is 2.82. The number of rotatable bonds is 3. The fraction of sp³-hybridized carbons (Fsp3) is 0.857. The first-order valence-electron chi connectivity index (χ1n) is 6.74. The second-order valence-electron chi connectivity index (χ2n) is 7.49. The number of primary amides is 2. The Hall–Kier alpha value is -1.06. The molecule has 0 aromatic heterocycles. The van der Waals surface area contributed by atoms with E-state index in [0.29, 0.717) is 12.3 Å². The van der Waals surface area contributed by atoms with E-state index in [0.717, 1.165) is 12.8 Å². The molecule has 4 aliphatic rings. The first kappa shape index (κ1) is 12.0. The van der Waals surface area contributed by atoms with Crippen LogP contribution in [-0.2, 0) is 9.59 Å². The number of hydrogen-bond acceptors (Lipinski definition) is 2. The van der Waals surface area contributed by atoms with Gasteiger partial charge in [0.2, 0.25) is 11.8 Å². The van der Waals surface area contributed by atoms with Crippen molar-refractivity contribution < 1.29 is 9.59 Å². The molecule has 4 nitrogen and oxygen atoms in total. The number of hydrogen-bond donors (Lipinski definition) is 2. The minimum absolute atomic E-state index is 0.0275. The van der Waals surface area contributed by atoms with Gasteiger partial charge in [0.05, 0.1) is 0 Å². The van der Waals surface area contributed by atoms with Crippen LogP contribution in [-0.4, -0.2) is 11.8 Å². The summed E-state index contributed by atoms with van der Waals surface area (Å²) in [6.07, 6.45) is 2.51. The fourth-order valence-electron chi connectivity index (χ4n) is 5.60. The van der Waals surface area contributed by atoms with Gasteiger partial charge in [-0.15, -0.1) is 0 Å². The van der Waals surface area contributed by atoms with Crippen molar-refractivity contribution in [1.82, 2.24) is 0 Å². The lowest BCUT2D eigenvalue weighted by molar-refractivity contribution is -0.190. The van der Waals surface area contributed by atoms with Gasteiger partial charge in [0.1, 0.15) is 0 Å². The van der Waals surface area contributed by atoms with Crippen molar-refractivity contribution in [2.75, 3.05) is 0 Å². The number of carbonyl (C=O) groups excluding carboxylic acids is 2. The van der Waals surface area contributed by atoms with Gasteiger partial charge in [-0.3, -0.25) is 9.59 Å². The Morgan fingerprint density at radius 1 is 1.17 bits per heavy atom. The maximum absolute atomic E-state index is 11.6. The monoisotopic (exact) mass is 250 g/mol. The molecule has 100 valence electrons. The summed E-state index contributed by atoms with van der Waals surface area (Å²) in [7, 11) is 0. The van der Waals surface area contributed by atoms with E-state index >= 15 is 0 Å². The lowest BCUT2D eigenvalue weighted by atomic mass is 9.37. The highest BCUT2D eigenvalue weighted by Crippen LogP contribution is 2.85. The molecule has 4 aliphatic carbocycles. The number of carbonyl (C=O) groups is 2. The fourth-order valence-corrected chi connectivity index (χ4v) is 5.60. The molecule has 4 N–H and O–H groups in total. The molecular weight excluding hydrogens is 228 g/mol. The quantitative estimate of drug-likeness (QED) is 0.784. The zero-order valence-electron chi connectivity index (χ0n) is 11.3. The van der Waals surface area contributed by atoms with Gasteiger partial charge < -0.3 is 11.5 Å². The molecule has 0 aromatic carbocycles. The van der Waals surface area contributed by atoms with Gasteiger partial charge in [0, 0.05) is 12.3 Å². The predicted octanol–water partition coefficient (Wildman–Crippen LogP) is 1.04. The minimum Gasteiger partial charge on any atom is -0.370 e. The van der Waals surface area contributed by atoms with E-state index in [4.69, 9.17) is 11.5 Å². The van der Waals surface area contributed by atoms with Crippen molar-refractivity contribution in [3.8, 4) is 0 Å². The van der Waals surface area contributed by atoms with Crippen molar-refractivity contribution in [1.29, 1.82) is 0 Å². The van der Waals surface area contributed by atoms with Crippen LogP contribution in [0.25, 0.3) is 0 Å². The van der Waals surface area contributed by atoms with E-state index in [1.165, 1.54) is 0 Å². The third-order valence-corrected chi connectivity index (χ3v) is 6.64. The van der Waals surface area contributed by atoms with E-state index in [1.54, 1.807) is 0 Å². The molecule has 18 heavy (non-hydrogen) atoms. The molecule has 0 aliphatic heterocycles. The van der Waals surface area contributed by atoms with Gasteiger partial charge in [0.15, 0.2) is 0 Å². The second-order valence-corrected chi connectivity index (χ2v) is 7.49. The Morgan fingerprint density at radius 2 is 1.78 bits per heavy atom. The zero-order chi connectivity index (χ0) is 13.5.